The second-order valence-electron chi connectivity index (χ2n) is 7.83. The Morgan fingerprint density at radius 3 is 2.36 bits per heavy atom. The van der Waals surface area contributed by atoms with Gasteiger partial charge in [-0.05, 0) is 55.0 Å². The minimum atomic E-state index is -0.862. The third-order valence-electron chi connectivity index (χ3n) is 5.41. The lowest BCUT2D eigenvalue weighted by Crippen LogP contribution is -2.31. The van der Waals surface area contributed by atoms with Crippen molar-refractivity contribution in [3.63, 3.8) is 0 Å². The van der Waals surface area contributed by atoms with E-state index in [9.17, 15) is 14.0 Å². The third kappa shape index (κ3) is 5.62. The van der Waals surface area contributed by atoms with Gasteiger partial charge in [-0.15, -0.1) is 0 Å². The third-order valence-corrected chi connectivity index (χ3v) is 5.41. The highest BCUT2D eigenvalue weighted by Crippen LogP contribution is 2.28. The zero-order valence-electron chi connectivity index (χ0n) is 17.3. The molecule has 2 aromatic carbocycles. The molecule has 2 unspecified atom stereocenters. The lowest BCUT2D eigenvalue weighted by Gasteiger charge is -2.27. The van der Waals surface area contributed by atoms with Crippen LogP contribution in [0, 0.1) is 28.9 Å². The summed E-state index contributed by atoms with van der Waals surface area (Å²) in [5.41, 5.74) is 2.16. The fourth-order valence-electron chi connectivity index (χ4n) is 3.70. The van der Waals surface area contributed by atoms with Crippen molar-refractivity contribution in [2.24, 2.45) is 5.92 Å². The number of benzene rings is 2. The van der Waals surface area contributed by atoms with Crippen molar-refractivity contribution in [2.45, 2.75) is 58.5 Å². The van der Waals surface area contributed by atoms with Crippen molar-refractivity contribution in [2.75, 3.05) is 7.05 Å². The van der Waals surface area contributed by atoms with E-state index in [1.54, 1.807) is 6.07 Å². The first-order chi connectivity index (χ1) is 13.4. The summed E-state index contributed by atoms with van der Waals surface area (Å²) >= 11 is 0. The number of hydrogen-bond acceptors (Lipinski definition) is 2. The maximum atomic E-state index is 14.4. The number of rotatable bonds is 9. The number of nitrogens with zero attached hydrogens (tertiary/aromatic N) is 2. The van der Waals surface area contributed by atoms with Gasteiger partial charge in [0, 0.05) is 12.6 Å². The average Bonchev–Trinajstić information content (AvgIpc) is 2.66. The van der Waals surface area contributed by atoms with Gasteiger partial charge in [-0.3, -0.25) is 4.90 Å². The molecule has 28 heavy (non-hydrogen) atoms. The lowest BCUT2D eigenvalue weighted by molar-refractivity contribution is 0.215. The predicted octanol–water partition coefficient (Wildman–Crippen LogP) is 6.07. The van der Waals surface area contributed by atoms with E-state index >= 15 is 0 Å². The molecule has 0 aliphatic heterocycles. The molecule has 0 aromatic heterocycles. The van der Waals surface area contributed by atoms with Gasteiger partial charge in [0.1, 0.15) is 0 Å². The van der Waals surface area contributed by atoms with Gasteiger partial charge in [-0.2, -0.15) is 5.26 Å². The molecule has 0 saturated carbocycles. The van der Waals surface area contributed by atoms with E-state index in [4.69, 9.17) is 0 Å². The van der Waals surface area contributed by atoms with Crippen LogP contribution in [-0.4, -0.2) is 18.0 Å². The van der Waals surface area contributed by atoms with Crippen LogP contribution in [0.2, 0.25) is 0 Å². The Balaban J connectivity index is 2.13. The second kappa shape index (κ2) is 10.3. The first-order valence-corrected chi connectivity index (χ1v) is 9.98. The molecule has 2 aromatic rings. The van der Waals surface area contributed by atoms with Crippen LogP contribution < -0.4 is 0 Å². The molecule has 0 radical (unpaired) electrons. The molecule has 4 heteroatoms. The molecule has 0 aliphatic rings. The molecule has 0 saturated heterocycles. The van der Waals surface area contributed by atoms with Gasteiger partial charge in [0.2, 0.25) is 0 Å². The Morgan fingerprint density at radius 2 is 1.79 bits per heavy atom. The van der Waals surface area contributed by atoms with E-state index in [1.807, 2.05) is 32.0 Å². The molecule has 0 N–H and O–H groups in total. The highest BCUT2D eigenvalue weighted by atomic mass is 19.2. The fraction of sp³-hybridized carbons (Fsp3) is 0.458. The molecular formula is C24H30F2N2. The predicted molar refractivity (Wildman–Crippen MR) is 110 cm³/mol. The van der Waals surface area contributed by atoms with E-state index in [2.05, 4.69) is 37.1 Å². The Bertz CT molecular complexity index is 796. The first-order valence-electron chi connectivity index (χ1n) is 9.98. The molecule has 2 atom stereocenters. The molecule has 2 rings (SSSR count). The van der Waals surface area contributed by atoms with E-state index in [0.717, 1.165) is 19.4 Å². The van der Waals surface area contributed by atoms with Gasteiger partial charge >= 0.3 is 0 Å². The van der Waals surface area contributed by atoms with Crippen LogP contribution in [0.15, 0.2) is 42.5 Å². The summed E-state index contributed by atoms with van der Waals surface area (Å²) in [6, 6.07) is 15.6. The van der Waals surface area contributed by atoms with E-state index in [0.29, 0.717) is 17.5 Å². The zero-order valence-corrected chi connectivity index (χ0v) is 17.3. The molecular weight excluding hydrogens is 354 g/mol. The Kier molecular flexibility index (Phi) is 8.14. The largest absolute Gasteiger partial charge is 0.299 e. The molecule has 2 nitrogen and oxygen atoms in total. The van der Waals surface area contributed by atoms with Gasteiger partial charge in [0.25, 0.3) is 0 Å². The van der Waals surface area contributed by atoms with Crippen LogP contribution in [0.3, 0.4) is 0 Å². The summed E-state index contributed by atoms with van der Waals surface area (Å²) in [6.45, 7) is 6.77. The minimum absolute atomic E-state index is 0.0445. The Hall–Kier alpha value is -2.25. The minimum Gasteiger partial charge on any atom is -0.299 e. The van der Waals surface area contributed by atoms with Crippen LogP contribution in [0.25, 0.3) is 0 Å². The van der Waals surface area contributed by atoms with Gasteiger partial charge in [-0.25, -0.2) is 8.78 Å². The first kappa shape index (κ1) is 22.0. The van der Waals surface area contributed by atoms with Crippen LogP contribution in [0.1, 0.15) is 56.2 Å². The topological polar surface area (TPSA) is 27.0 Å². The normalized spacial score (nSPS) is 13.5. The van der Waals surface area contributed by atoms with Crippen molar-refractivity contribution in [1.82, 2.24) is 4.90 Å². The van der Waals surface area contributed by atoms with Crippen LogP contribution in [0.5, 0.6) is 0 Å². The summed E-state index contributed by atoms with van der Waals surface area (Å²) in [6.07, 6.45) is 2.11. The maximum Gasteiger partial charge on any atom is 0.162 e. The van der Waals surface area contributed by atoms with E-state index < -0.39 is 17.6 Å². The molecule has 0 bridgehead atoms. The standard InChI is InChI=1S/C24H30F2N2/c1-5-21(28(4)16-18-9-7-6-8-10-18)12-11-19-13-20(14-23(25)24(19)26)22(15-27)17(2)3/h6-10,13-14,17,21-22H,5,11-12,16H2,1-4H3. The van der Waals surface area contributed by atoms with Crippen LogP contribution in [0.4, 0.5) is 8.78 Å². The van der Waals surface area contributed by atoms with Crippen LogP contribution in [-0.2, 0) is 13.0 Å². The smallest absolute Gasteiger partial charge is 0.162 e. The average molecular weight is 385 g/mol. The summed E-state index contributed by atoms with van der Waals surface area (Å²) < 4.78 is 28.5. The summed E-state index contributed by atoms with van der Waals surface area (Å²) in [5, 5.41) is 9.40. The van der Waals surface area contributed by atoms with Crippen molar-refractivity contribution in [3.05, 3.63) is 70.8 Å². The van der Waals surface area contributed by atoms with Gasteiger partial charge in [-0.1, -0.05) is 57.2 Å². The number of hydrogen-bond donors (Lipinski definition) is 0. The SMILES string of the molecule is CCC(CCc1cc(C(C#N)C(C)C)cc(F)c1F)N(C)Cc1ccccc1. The van der Waals surface area contributed by atoms with Crippen molar-refractivity contribution in [3.8, 4) is 6.07 Å². The quantitative estimate of drug-likeness (QED) is 0.524. The van der Waals surface area contributed by atoms with Gasteiger partial charge in [0.05, 0.1) is 12.0 Å². The molecule has 0 fully saturated rings. The van der Waals surface area contributed by atoms with Gasteiger partial charge < -0.3 is 0 Å². The lowest BCUT2D eigenvalue weighted by atomic mass is 9.88. The van der Waals surface area contributed by atoms with E-state index in [-0.39, 0.29) is 12.0 Å². The van der Waals surface area contributed by atoms with E-state index in [1.165, 1.54) is 11.6 Å². The number of aryl methyl sites for hydroxylation is 1. The highest BCUT2D eigenvalue weighted by Gasteiger charge is 2.21. The van der Waals surface area contributed by atoms with Crippen LogP contribution >= 0.6 is 0 Å². The van der Waals surface area contributed by atoms with Crippen molar-refractivity contribution in [1.29, 1.82) is 5.26 Å². The monoisotopic (exact) mass is 384 g/mol. The molecule has 150 valence electrons. The fourth-order valence-corrected chi connectivity index (χ4v) is 3.70. The second-order valence-corrected chi connectivity index (χ2v) is 7.83. The number of nitriles is 1. The van der Waals surface area contributed by atoms with Gasteiger partial charge in [0.15, 0.2) is 11.6 Å². The molecule has 0 amide bonds. The van der Waals surface area contributed by atoms with Crippen molar-refractivity contribution < 1.29 is 8.78 Å². The highest BCUT2D eigenvalue weighted by molar-refractivity contribution is 5.32. The Labute approximate surface area is 167 Å². The Morgan fingerprint density at radius 1 is 1.11 bits per heavy atom. The summed E-state index contributed by atoms with van der Waals surface area (Å²) in [5.74, 6) is -2.04. The van der Waals surface area contributed by atoms with Crippen molar-refractivity contribution >= 4 is 0 Å². The number of halogens is 2. The summed E-state index contributed by atoms with van der Waals surface area (Å²) in [4.78, 5) is 2.26. The zero-order chi connectivity index (χ0) is 20.7. The summed E-state index contributed by atoms with van der Waals surface area (Å²) in [7, 11) is 2.07. The molecule has 0 spiro atoms. The maximum absolute atomic E-state index is 14.4. The molecule has 0 aliphatic carbocycles. The molecule has 0 heterocycles.